The molecular formula is C37H36N4O7. The van der Waals surface area contributed by atoms with Crippen LogP contribution >= 0.6 is 0 Å². The molecule has 4 N–H and O–H groups in total. The van der Waals surface area contributed by atoms with Crippen molar-refractivity contribution in [2.24, 2.45) is 0 Å². The first kappa shape index (κ1) is 33.4. The zero-order valence-electron chi connectivity index (χ0n) is 27.0. The fraction of sp³-hybridized carbons (Fsp3) is 0.216. The minimum absolute atomic E-state index is 0.239. The standard InChI is InChI=1S/C37H36N4O7/c1-21-29(38-22(2)32(21)35(44)41-31(37(46)48-4)18-24-13-9-6-10-14-24)20-27-26-19-25(15-16-28(26)39-34(27)43)33(42)40-30(36(45)47-3)17-23-11-7-5-8-12-23/h5-16,19-20,30-31,38H,17-18H2,1-4H3,(H,39,43)(H,40,42)(H,41,44)/b27-20-/t30-,31-/m0/s1. The van der Waals surface area contributed by atoms with Crippen molar-refractivity contribution in [1.82, 2.24) is 15.6 Å². The maximum atomic E-state index is 13.5. The van der Waals surface area contributed by atoms with E-state index < -0.39 is 35.8 Å². The summed E-state index contributed by atoms with van der Waals surface area (Å²) in [5, 5.41) is 8.36. The first-order valence-corrected chi connectivity index (χ1v) is 15.3. The third kappa shape index (κ3) is 7.36. The van der Waals surface area contributed by atoms with Gasteiger partial charge >= 0.3 is 11.9 Å². The van der Waals surface area contributed by atoms with Crippen molar-refractivity contribution in [3.8, 4) is 0 Å². The van der Waals surface area contributed by atoms with Crippen molar-refractivity contribution in [1.29, 1.82) is 0 Å². The Labute approximate surface area is 277 Å². The lowest BCUT2D eigenvalue weighted by atomic mass is 10.0. The number of ether oxygens (including phenoxy) is 2. The number of aromatic amines is 1. The van der Waals surface area contributed by atoms with Crippen molar-refractivity contribution in [2.45, 2.75) is 38.8 Å². The van der Waals surface area contributed by atoms with Crippen LogP contribution < -0.4 is 16.0 Å². The summed E-state index contributed by atoms with van der Waals surface area (Å²) in [6.45, 7) is 3.47. The van der Waals surface area contributed by atoms with E-state index in [4.69, 9.17) is 9.47 Å². The molecule has 2 atom stereocenters. The lowest BCUT2D eigenvalue weighted by Crippen LogP contribution is -2.43. The molecule has 4 aromatic rings. The number of amides is 3. The Balaban J connectivity index is 1.38. The van der Waals surface area contributed by atoms with Crippen LogP contribution in [0.3, 0.4) is 0 Å². The van der Waals surface area contributed by atoms with Gasteiger partial charge in [0.1, 0.15) is 12.1 Å². The van der Waals surface area contributed by atoms with Gasteiger partial charge in [0.05, 0.1) is 25.4 Å². The molecule has 1 aliphatic rings. The van der Waals surface area contributed by atoms with Gasteiger partial charge < -0.3 is 30.4 Å². The average Bonchev–Trinajstić information content (AvgIpc) is 3.56. The second-order valence-corrected chi connectivity index (χ2v) is 11.4. The maximum Gasteiger partial charge on any atom is 0.328 e. The topological polar surface area (TPSA) is 156 Å². The second-order valence-electron chi connectivity index (χ2n) is 11.4. The molecule has 246 valence electrons. The second kappa shape index (κ2) is 14.6. The Kier molecular flexibility index (Phi) is 10.2. The summed E-state index contributed by atoms with van der Waals surface area (Å²) in [5.41, 5.74) is 5.18. The van der Waals surface area contributed by atoms with Crippen LogP contribution in [-0.4, -0.2) is 60.9 Å². The van der Waals surface area contributed by atoms with Gasteiger partial charge in [0, 0.05) is 41.0 Å². The molecule has 0 unspecified atom stereocenters. The van der Waals surface area contributed by atoms with E-state index in [0.717, 1.165) is 11.1 Å². The van der Waals surface area contributed by atoms with Gasteiger partial charge in [-0.2, -0.15) is 0 Å². The molecule has 0 bridgehead atoms. The highest BCUT2D eigenvalue weighted by Crippen LogP contribution is 2.35. The Morgan fingerprint density at radius 2 is 1.31 bits per heavy atom. The summed E-state index contributed by atoms with van der Waals surface area (Å²) in [6, 6.07) is 21.5. The third-order valence-corrected chi connectivity index (χ3v) is 8.20. The number of methoxy groups -OCH3 is 2. The van der Waals surface area contributed by atoms with E-state index in [-0.39, 0.29) is 29.9 Å². The van der Waals surface area contributed by atoms with E-state index in [1.807, 2.05) is 60.7 Å². The molecule has 0 fully saturated rings. The van der Waals surface area contributed by atoms with E-state index in [1.165, 1.54) is 14.2 Å². The number of H-pyrrole nitrogens is 1. The van der Waals surface area contributed by atoms with Crippen molar-refractivity contribution in [3.63, 3.8) is 0 Å². The van der Waals surface area contributed by atoms with Gasteiger partial charge in [-0.15, -0.1) is 0 Å². The first-order valence-electron chi connectivity index (χ1n) is 15.3. The van der Waals surface area contributed by atoms with Crippen LogP contribution in [0.25, 0.3) is 11.6 Å². The molecule has 3 aromatic carbocycles. The quantitative estimate of drug-likeness (QED) is 0.141. The Morgan fingerprint density at radius 1 is 0.771 bits per heavy atom. The third-order valence-electron chi connectivity index (χ3n) is 8.20. The van der Waals surface area contributed by atoms with Crippen molar-refractivity contribution >= 4 is 47.0 Å². The number of hydrogen-bond donors (Lipinski definition) is 4. The Morgan fingerprint density at radius 3 is 1.85 bits per heavy atom. The van der Waals surface area contributed by atoms with Crippen LogP contribution in [-0.2, 0) is 36.7 Å². The average molecular weight is 649 g/mol. The number of benzene rings is 3. The smallest absolute Gasteiger partial charge is 0.328 e. The Hall–Kier alpha value is -5.97. The number of aryl methyl sites for hydroxylation is 1. The molecule has 0 aliphatic carbocycles. The number of carbonyl (C=O) groups excluding carboxylic acids is 5. The van der Waals surface area contributed by atoms with Gasteiger partial charge in [0.2, 0.25) is 0 Å². The number of anilines is 1. The minimum Gasteiger partial charge on any atom is -0.467 e. The summed E-state index contributed by atoms with van der Waals surface area (Å²) in [5.74, 6) is -2.52. The maximum absolute atomic E-state index is 13.5. The number of nitrogens with one attached hydrogen (secondary N) is 4. The zero-order valence-corrected chi connectivity index (χ0v) is 27.0. The molecule has 0 spiro atoms. The summed E-state index contributed by atoms with van der Waals surface area (Å²) in [7, 11) is 2.53. The van der Waals surface area contributed by atoms with E-state index in [0.29, 0.717) is 33.8 Å². The molecule has 5 rings (SSSR count). The van der Waals surface area contributed by atoms with Crippen LogP contribution in [0.4, 0.5) is 5.69 Å². The van der Waals surface area contributed by atoms with Gasteiger partial charge in [0.15, 0.2) is 0 Å². The molecule has 11 nitrogen and oxygen atoms in total. The van der Waals surface area contributed by atoms with Crippen LogP contribution in [0.1, 0.15) is 54.4 Å². The van der Waals surface area contributed by atoms with Gasteiger partial charge in [-0.1, -0.05) is 60.7 Å². The van der Waals surface area contributed by atoms with Gasteiger partial charge in [-0.25, -0.2) is 9.59 Å². The minimum atomic E-state index is -0.923. The van der Waals surface area contributed by atoms with E-state index in [1.54, 1.807) is 38.1 Å². The molecule has 11 heteroatoms. The zero-order chi connectivity index (χ0) is 34.4. The number of carbonyl (C=O) groups is 5. The SMILES string of the molecule is COC(=O)[C@H](Cc1ccccc1)NC(=O)c1ccc2c(c1)/C(=C/c1[nH]c(C)c(C(=O)N[C@@H](Cc3ccccc3)C(=O)OC)c1C)C(=O)N2. The predicted octanol–water partition coefficient (Wildman–Crippen LogP) is 4.15. The lowest BCUT2D eigenvalue weighted by Gasteiger charge is -2.17. The highest BCUT2D eigenvalue weighted by atomic mass is 16.5. The summed E-state index contributed by atoms with van der Waals surface area (Å²) >= 11 is 0. The molecular weight excluding hydrogens is 612 g/mol. The molecule has 48 heavy (non-hydrogen) atoms. The number of esters is 2. The molecule has 0 saturated heterocycles. The lowest BCUT2D eigenvalue weighted by molar-refractivity contribution is -0.143. The van der Waals surface area contributed by atoms with Crippen molar-refractivity contribution < 1.29 is 33.4 Å². The van der Waals surface area contributed by atoms with Crippen molar-refractivity contribution in [2.75, 3.05) is 19.5 Å². The highest BCUT2D eigenvalue weighted by Gasteiger charge is 2.29. The number of fused-ring (bicyclic) bond motifs is 1. The molecule has 0 saturated carbocycles. The first-order chi connectivity index (χ1) is 23.1. The van der Waals surface area contributed by atoms with Gasteiger partial charge in [0.25, 0.3) is 17.7 Å². The van der Waals surface area contributed by atoms with E-state index >= 15 is 0 Å². The Bertz CT molecular complexity index is 1900. The summed E-state index contributed by atoms with van der Waals surface area (Å²) in [4.78, 5) is 68.2. The molecule has 1 aromatic heterocycles. The monoisotopic (exact) mass is 648 g/mol. The van der Waals surface area contributed by atoms with Gasteiger partial charge in [-0.3, -0.25) is 14.4 Å². The molecule has 1 aliphatic heterocycles. The fourth-order valence-corrected chi connectivity index (χ4v) is 5.72. The number of aromatic nitrogens is 1. The normalized spacial score (nSPS) is 14.0. The van der Waals surface area contributed by atoms with Crippen LogP contribution in [0.2, 0.25) is 0 Å². The predicted molar refractivity (Wildman–Crippen MR) is 180 cm³/mol. The molecule has 3 amide bonds. The summed E-state index contributed by atoms with van der Waals surface area (Å²) < 4.78 is 9.87. The van der Waals surface area contributed by atoms with Crippen LogP contribution in [0.15, 0.2) is 78.9 Å². The van der Waals surface area contributed by atoms with E-state index in [2.05, 4.69) is 20.9 Å². The highest BCUT2D eigenvalue weighted by molar-refractivity contribution is 6.35. The number of hydrogen-bond acceptors (Lipinski definition) is 7. The molecule has 0 radical (unpaired) electrons. The molecule has 2 heterocycles. The fourth-order valence-electron chi connectivity index (χ4n) is 5.72. The summed E-state index contributed by atoms with van der Waals surface area (Å²) in [6.07, 6.45) is 2.11. The largest absolute Gasteiger partial charge is 0.467 e. The van der Waals surface area contributed by atoms with Crippen LogP contribution in [0, 0.1) is 13.8 Å². The van der Waals surface area contributed by atoms with Crippen LogP contribution in [0.5, 0.6) is 0 Å². The van der Waals surface area contributed by atoms with Gasteiger partial charge in [-0.05, 0) is 54.8 Å². The number of rotatable bonds is 11. The van der Waals surface area contributed by atoms with E-state index in [9.17, 15) is 24.0 Å². The van der Waals surface area contributed by atoms with Crippen molar-refractivity contribution in [3.05, 3.63) is 124 Å².